The number of alkyl carbamates (subject to hydrolysis) is 1. The van der Waals surface area contributed by atoms with Crippen molar-refractivity contribution >= 4 is 23.4 Å². The van der Waals surface area contributed by atoms with E-state index in [1.807, 2.05) is 69.3 Å². The van der Waals surface area contributed by atoms with Crippen molar-refractivity contribution < 1.29 is 19.4 Å². The van der Waals surface area contributed by atoms with E-state index in [1.165, 1.54) is 0 Å². The molecule has 0 spiro atoms. The average Bonchev–Trinajstić information content (AvgIpc) is 2.87. The molecule has 1 saturated heterocycles. The van der Waals surface area contributed by atoms with Gasteiger partial charge in [-0.3, -0.25) is 0 Å². The van der Waals surface area contributed by atoms with E-state index in [2.05, 4.69) is 25.5 Å². The molecule has 1 aliphatic rings. The molecule has 1 fully saturated rings. The molecule has 190 valence electrons. The predicted octanol–water partition coefficient (Wildman–Crippen LogP) is 4.24. The van der Waals surface area contributed by atoms with Crippen molar-refractivity contribution in [2.75, 3.05) is 36.5 Å². The van der Waals surface area contributed by atoms with Crippen molar-refractivity contribution in [1.82, 2.24) is 15.3 Å². The fraction of sp³-hybridized carbons (Fsp3) is 0.370. The first-order valence-electron chi connectivity index (χ1n) is 12.0. The number of carbonyl (C=O) groups is 1. The van der Waals surface area contributed by atoms with Gasteiger partial charge in [0.15, 0.2) is 0 Å². The highest BCUT2D eigenvalue weighted by atomic mass is 16.6. The summed E-state index contributed by atoms with van der Waals surface area (Å²) in [5.74, 6) is 0.451. The number of carbonyl (C=O) groups excluding carboxylic acids is 1. The summed E-state index contributed by atoms with van der Waals surface area (Å²) >= 11 is 0. The second kappa shape index (κ2) is 11.4. The molecule has 0 aliphatic carbocycles. The van der Waals surface area contributed by atoms with Gasteiger partial charge >= 0.3 is 6.09 Å². The molecule has 36 heavy (non-hydrogen) atoms. The number of benzene rings is 2. The molecule has 3 aromatic rings. The number of hydrogen-bond acceptors (Lipinski definition) is 8. The van der Waals surface area contributed by atoms with E-state index >= 15 is 0 Å². The third-order valence-electron chi connectivity index (χ3n) is 5.57. The molecule has 0 bridgehead atoms. The third-order valence-corrected chi connectivity index (χ3v) is 5.57. The first-order valence-corrected chi connectivity index (χ1v) is 12.0. The molecular weight excluding hydrogens is 458 g/mol. The van der Waals surface area contributed by atoms with Gasteiger partial charge in [0.25, 0.3) is 0 Å². The maximum Gasteiger partial charge on any atom is 0.407 e. The van der Waals surface area contributed by atoms with E-state index in [4.69, 9.17) is 9.47 Å². The smallest absolute Gasteiger partial charge is 0.407 e. The van der Waals surface area contributed by atoms with Crippen LogP contribution in [0.15, 0.2) is 54.7 Å². The van der Waals surface area contributed by atoms with Crippen LogP contribution in [0, 0.1) is 0 Å². The summed E-state index contributed by atoms with van der Waals surface area (Å²) in [6.45, 7) is 8.69. The van der Waals surface area contributed by atoms with Crippen LogP contribution in [0.2, 0.25) is 0 Å². The van der Waals surface area contributed by atoms with Gasteiger partial charge in [-0.25, -0.2) is 14.8 Å². The number of ether oxygens (including phenoxy) is 2. The highest BCUT2D eigenvalue weighted by molar-refractivity contribution is 5.70. The van der Waals surface area contributed by atoms with Gasteiger partial charge in [0.1, 0.15) is 5.60 Å². The summed E-state index contributed by atoms with van der Waals surface area (Å²) in [5.41, 5.74) is 4.68. The van der Waals surface area contributed by atoms with Gasteiger partial charge in [-0.1, -0.05) is 18.2 Å². The van der Waals surface area contributed by atoms with Crippen molar-refractivity contribution in [1.29, 1.82) is 0 Å². The van der Waals surface area contributed by atoms with Gasteiger partial charge in [-0.2, -0.15) is 0 Å². The molecule has 9 heteroatoms. The van der Waals surface area contributed by atoms with Crippen LogP contribution in [0.25, 0.3) is 11.3 Å². The SMILES string of the molecule is CC(C)(C)OC(=O)NCc1cc(Nc2nccc(-c3cccc(CO)c3)n2)ccc1N1CCOCC1. The lowest BCUT2D eigenvalue weighted by Crippen LogP contribution is -2.37. The molecule has 0 unspecified atom stereocenters. The van der Waals surface area contributed by atoms with E-state index in [0.29, 0.717) is 25.7 Å². The number of hydrogen-bond donors (Lipinski definition) is 3. The van der Waals surface area contributed by atoms with Crippen molar-refractivity contribution in [3.05, 3.63) is 65.9 Å². The van der Waals surface area contributed by atoms with Gasteiger partial charge in [0.05, 0.1) is 25.5 Å². The molecule has 1 amide bonds. The summed E-state index contributed by atoms with van der Waals surface area (Å²) < 4.78 is 10.9. The molecule has 0 atom stereocenters. The molecule has 0 radical (unpaired) electrons. The number of nitrogens with one attached hydrogen (secondary N) is 2. The normalized spacial score (nSPS) is 13.8. The Morgan fingerprint density at radius 3 is 2.69 bits per heavy atom. The van der Waals surface area contributed by atoms with Crippen LogP contribution in [0.3, 0.4) is 0 Å². The molecule has 1 aliphatic heterocycles. The summed E-state index contributed by atoms with van der Waals surface area (Å²) in [4.78, 5) is 23.6. The van der Waals surface area contributed by atoms with Crippen LogP contribution in [0.5, 0.6) is 0 Å². The fourth-order valence-corrected chi connectivity index (χ4v) is 3.94. The Labute approximate surface area is 211 Å². The van der Waals surface area contributed by atoms with E-state index in [9.17, 15) is 9.90 Å². The van der Waals surface area contributed by atoms with Crippen molar-refractivity contribution in [2.24, 2.45) is 0 Å². The second-order valence-corrected chi connectivity index (χ2v) is 9.55. The van der Waals surface area contributed by atoms with Crippen LogP contribution in [0.1, 0.15) is 31.9 Å². The van der Waals surface area contributed by atoms with E-state index in [1.54, 1.807) is 6.20 Å². The Morgan fingerprint density at radius 2 is 1.94 bits per heavy atom. The maximum absolute atomic E-state index is 12.3. The second-order valence-electron chi connectivity index (χ2n) is 9.55. The van der Waals surface area contributed by atoms with Crippen LogP contribution in [-0.4, -0.2) is 53.1 Å². The van der Waals surface area contributed by atoms with Crippen molar-refractivity contribution in [3.8, 4) is 11.3 Å². The number of amides is 1. The Hall–Kier alpha value is -3.69. The Balaban J connectivity index is 1.55. The maximum atomic E-state index is 12.3. The Kier molecular flexibility index (Phi) is 8.02. The molecule has 0 saturated carbocycles. The highest BCUT2D eigenvalue weighted by Crippen LogP contribution is 2.27. The monoisotopic (exact) mass is 491 g/mol. The van der Waals surface area contributed by atoms with Crippen LogP contribution in [-0.2, 0) is 22.6 Å². The molecule has 4 rings (SSSR count). The standard InChI is InChI=1S/C27H33N5O4/c1-27(2,3)36-26(34)29-17-21-16-22(7-8-24(21)32-11-13-35-14-12-32)30-25-28-10-9-23(31-25)20-6-4-5-19(15-20)18-33/h4-10,15-16,33H,11-14,17-18H2,1-3H3,(H,29,34)(H,28,30,31). The summed E-state index contributed by atoms with van der Waals surface area (Å²) in [6, 6.07) is 15.5. The van der Waals surface area contributed by atoms with Gasteiger partial charge in [-0.15, -0.1) is 0 Å². The van der Waals surface area contributed by atoms with E-state index in [0.717, 1.165) is 46.8 Å². The Bertz CT molecular complexity index is 1190. The van der Waals surface area contributed by atoms with Crippen LogP contribution >= 0.6 is 0 Å². The fourth-order valence-electron chi connectivity index (χ4n) is 3.94. The zero-order valence-electron chi connectivity index (χ0n) is 21.0. The van der Waals surface area contributed by atoms with Crippen LogP contribution in [0.4, 0.5) is 22.1 Å². The number of aromatic nitrogens is 2. The van der Waals surface area contributed by atoms with E-state index in [-0.39, 0.29) is 6.61 Å². The largest absolute Gasteiger partial charge is 0.444 e. The molecule has 2 aromatic carbocycles. The number of aliphatic hydroxyl groups excluding tert-OH is 1. The van der Waals surface area contributed by atoms with Gasteiger partial charge in [0.2, 0.25) is 5.95 Å². The lowest BCUT2D eigenvalue weighted by molar-refractivity contribution is 0.0523. The van der Waals surface area contributed by atoms with Crippen molar-refractivity contribution in [2.45, 2.75) is 39.5 Å². The van der Waals surface area contributed by atoms with Gasteiger partial charge < -0.3 is 30.1 Å². The first kappa shape index (κ1) is 25.4. The van der Waals surface area contributed by atoms with Crippen molar-refractivity contribution in [3.63, 3.8) is 0 Å². The quantitative estimate of drug-likeness (QED) is 0.450. The average molecular weight is 492 g/mol. The number of rotatable bonds is 7. The highest BCUT2D eigenvalue weighted by Gasteiger charge is 2.19. The lowest BCUT2D eigenvalue weighted by Gasteiger charge is -2.31. The van der Waals surface area contributed by atoms with Gasteiger partial charge in [-0.05, 0) is 62.2 Å². The Morgan fingerprint density at radius 1 is 1.14 bits per heavy atom. The summed E-state index contributed by atoms with van der Waals surface area (Å²) in [5, 5.41) is 15.6. The first-order chi connectivity index (χ1) is 17.3. The zero-order chi connectivity index (χ0) is 25.5. The van der Waals surface area contributed by atoms with E-state index < -0.39 is 11.7 Å². The molecular formula is C27H33N5O4. The zero-order valence-corrected chi connectivity index (χ0v) is 21.0. The number of morpholine rings is 1. The topological polar surface area (TPSA) is 109 Å². The number of anilines is 3. The minimum absolute atomic E-state index is 0.0281. The third kappa shape index (κ3) is 6.93. The lowest BCUT2D eigenvalue weighted by atomic mass is 10.1. The minimum atomic E-state index is -0.570. The predicted molar refractivity (Wildman–Crippen MR) is 139 cm³/mol. The molecule has 1 aromatic heterocycles. The summed E-state index contributed by atoms with van der Waals surface area (Å²) in [7, 11) is 0. The molecule has 2 heterocycles. The number of nitrogens with zero attached hydrogens (tertiary/aromatic N) is 3. The summed E-state index contributed by atoms with van der Waals surface area (Å²) in [6.07, 6.45) is 1.23. The van der Waals surface area contributed by atoms with Crippen LogP contribution < -0.4 is 15.5 Å². The molecule has 3 N–H and O–H groups in total. The van der Waals surface area contributed by atoms with Gasteiger partial charge in [0, 0.05) is 42.8 Å². The molecule has 9 nitrogen and oxygen atoms in total. The number of aliphatic hydroxyl groups is 1. The minimum Gasteiger partial charge on any atom is -0.444 e.